The molecule has 0 bridgehead atoms. The number of hydrogen-bond donors (Lipinski definition) is 1. The number of rotatable bonds is 5. The minimum atomic E-state index is -0.522. The van der Waals surface area contributed by atoms with Gasteiger partial charge in [-0.1, -0.05) is 41.9 Å². The Morgan fingerprint density at radius 3 is 2.33 bits per heavy atom. The summed E-state index contributed by atoms with van der Waals surface area (Å²) in [6, 6.07) is 20.0. The van der Waals surface area contributed by atoms with Crippen LogP contribution >= 0.6 is 11.6 Å². The van der Waals surface area contributed by atoms with Crippen LogP contribution in [0, 0.1) is 5.82 Å². The first-order valence-corrected chi connectivity index (χ1v) is 11.4. The number of nitrogens with zero attached hydrogens (tertiary/aromatic N) is 2. The van der Waals surface area contributed by atoms with Gasteiger partial charge in [-0.25, -0.2) is 4.39 Å². The summed E-state index contributed by atoms with van der Waals surface area (Å²) in [6.07, 6.45) is 4.18. The molecule has 6 heteroatoms. The standard InChI is InChI=1S/C27H23ClFN3O/c28-23-10-7-20(8-11-23)19-3-5-21(6-4-19)27(33)31-24-12-9-22-15-18(16-30-26(22)25(24)29)17-32-13-1-2-14-32/h3-12,15-16H,1-2,13-14,17H2,(H,31,33). The third-order valence-electron chi connectivity index (χ3n) is 6.03. The normalized spacial score (nSPS) is 14.0. The van der Waals surface area contributed by atoms with Crippen molar-refractivity contribution in [2.24, 2.45) is 0 Å². The van der Waals surface area contributed by atoms with Gasteiger partial charge in [-0.2, -0.15) is 0 Å². The number of nitrogens with one attached hydrogen (secondary N) is 1. The number of carbonyl (C=O) groups excluding carboxylic acids is 1. The second-order valence-electron chi connectivity index (χ2n) is 8.36. The summed E-state index contributed by atoms with van der Waals surface area (Å²) in [5.74, 6) is -0.895. The molecule has 1 N–H and O–H groups in total. The van der Waals surface area contributed by atoms with Crippen LogP contribution in [-0.2, 0) is 6.54 Å². The van der Waals surface area contributed by atoms with E-state index >= 15 is 4.39 Å². The molecule has 33 heavy (non-hydrogen) atoms. The second kappa shape index (κ2) is 9.30. The maximum absolute atomic E-state index is 15.1. The maximum atomic E-state index is 15.1. The second-order valence-corrected chi connectivity index (χ2v) is 8.80. The maximum Gasteiger partial charge on any atom is 0.255 e. The predicted molar refractivity (Wildman–Crippen MR) is 131 cm³/mol. The first-order chi connectivity index (χ1) is 16.1. The molecule has 1 aromatic heterocycles. The van der Waals surface area contributed by atoms with Gasteiger partial charge in [-0.3, -0.25) is 14.7 Å². The van der Waals surface area contributed by atoms with Gasteiger partial charge in [0, 0.05) is 28.7 Å². The van der Waals surface area contributed by atoms with Crippen LogP contribution < -0.4 is 5.32 Å². The van der Waals surface area contributed by atoms with Crippen molar-refractivity contribution in [3.05, 3.63) is 94.9 Å². The average molecular weight is 460 g/mol. The molecule has 0 radical (unpaired) electrons. The van der Waals surface area contributed by atoms with E-state index in [2.05, 4.69) is 15.2 Å². The Balaban J connectivity index is 1.32. The topological polar surface area (TPSA) is 45.2 Å². The molecule has 0 atom stereocenters. The van der Waals surface area contributed by atoms with Crippen LogP contribution in [0.4, 0.5) is 10.1 Å². The van der Waals surface area contributed by atoms with Gasteiger partial charge in [0.25, 0.3) is 5.91 Å². The molecule has 0 aliphatic carbocycles. The Kier molecular flexibility index (Phi) is 6.07. The number of halogens is 2. The lowest BCUT2D eigenvalue weighted by Gasteiger charge is -2.15. The summed E-state index contributed by atoms with van der Waals surface area (Å²) in [5.41, 5.74) is 3.86. The summed E-state index contributed by atoms with van der Waals surface area (Å²) in [6.45, 7) is 3.02. The molecule has 1 aliphatic heterocycles. The van der Waals surface area contributed by atoms with E-state index in [1.807, 2.05) is 42.5 Å². The highest BCUT2D eigenvalue weighted by Gasteiger charge is 2.15. The molecule has 1 saturated heterocycles. The smallest absolute Gasteiger partial charge is 0.255 e. The monoisotopic (exact) mass is 459 g/mol. The summed E-state index contributed by atoms with van der Waals surface area (Å²) < 4.78 is 15.1. The Morgan fingerprint density at radius 1 is 0.970 bits per heavy atom. The van der Waals surface area contributed by atoms with Gasteiger partial charge in [0.05, 0.1) is 5.69 Å². The van der Waals surface area contributed by atoms with Crippen molar-refractivity contribution in [3.8, 4) is 11.1 Å². The van der Waals surface area contributed by atoms with E-state index in [1.165, 1.54) is 12.8 Å². The molecule has 0 saturated carbocycles. The molecule has 5 rings (SSSR count). The lowest BCUT2D eigenvalue weighted by atomic mass is 10.0. The van der Waals surface area contributed by atoms with Crippen molar-refractivity contribution in [2.45, 2.75) is 19.4 Å². The lowest BCUT2D eigenvalue weighted by molar-refractivity contribution is 0.102. The molecular weight excluding hydrogens is 437 g/mol. The number of benzene rings is 3. The number of aromatic nitrogens is 1. The summed E-state index contributed by atoms with van der Waals surface area (Å²) in [5, 5.41) is 4.08. The number of hydrogen-bond acceptors (Lipinski definition) is 3. The Bertz CT molecular complexity index is 1300. The summed E-state index contributed by atoms with van der Waals surface area (Å²) >= 11 is 5.94. The van der Waals surface area contributed by atoms with Crippen LogP contribution in [0.2, 0.25) is 5.02 Å². The van der Waals surface area contributed by atoms with Crippen LogP contribution in [-0.4, -0.2) is 28.9 Å². The van der Waals surface area contributed by atoms with E-state index in [0.29, 0.717) is 10.6 Å². The zero-order valence-corrected chi connectivity index (χ0v) is 18.8. The van der Waals surface area contributed by atoms with Gasteiger partial charge >= 0.3 is 0 Å². The van der Waals surface area contributed by atoms with Crippen LogP contribution in [0.25, 0.3) is 22.0 Å². The third kappa shape index (κ3) is 4.75. The molecule has 166 valence electrons. The van der Waals surface area contributed by atoms with E-state index in [9.17, 15) is 4.79 Å². The van der Waals surface area contributed by atoms with Crippen molar-refractivity contribution in [3.63, 3.8) is 0 Å². The van der Waals surface area contributed by atoms with Crippen molar-refractivity contribution in [1.82, 2.24) is 9.88 Å². The van der Waals surface area contributed by atoms with Crippen LogP contribution in [0.3, 0.4) is 0 Å². The predicted octanol–water partition coefficient (Wildman–Crippen LogP) is 6.54. The number of likely N-dealkylation sites (tertiary alicyclic amines) is 1. The van der Waals surface area contributed by atoms with Gasteiger partial charge < -0.3 is 5.32 Å². The van der Waals surface area contributed by atoms with Crippen LogP contribution in [0.1, 0.15) is 28.8 Å². The molecular formula is C27H23ClFN3O. The molecule has 0 unspecified atom stereocenters. The van der Waals surface area contributed by atoms with E-state index in [0.717, 1.165) is 41.7 Å². The van der Waals surface area contributed by atoms with Gasteiger partial charge in [-0.05, 0) is 79.0 Å². The minimum Gasteiger partial charge on any atom is -0.319 e. The largest absolute Gasteiger partial charge is 0.319 e. The summed E-state index contributed by atoms with van der Waals surface area (Å²) in [7, 11) is 0. The molecule has 4 aromatic rings. The fourth-order valence-corrected chi connectivity index (χ4v) is 4.37. The average Bonchev–Trinajstić information content (AvgIpc) is 3.34. The molecule has 2 heterocycles. The number of anilines is 1. The van der Waals surface area contributed by atoms with Crippen LogP contribution in [0.15, 0.2) is 72.9 Å². The Hall–Kier alpha value is -3.28. The number of fused-ring (bicyclic) bond motifs is 1. The highest BCUT2D eigenvalue weighted by Crippen LogP contribution is 2.26. The van der Waals surface area contributed by atoms with Crippen molar-refractivity contribution >= 4 is 34.1 Å². The molecule has 0 spiro atoms. The van der Waals surface area contributed by atoms with Gasteiger partial charge in [-0.15, -0.1) is 0 Å². The van der Waals surface area contributed by atoms with Crippen molar-refractivity contribution in [2.75, 3.05) is 18.4 Å². The number of amides is 1. The first-order valence-electron chi connectivity index (χ1n) is 11.0. The molecule has 1 fully saturated rings. The minimum absolute atomic E-state index is 0.120. The van der Waals surface area contributed by atoms with Gasteiger partial charge in [0.2, 0.25) is 0 Å². The lowest BCUT2D eigenvalue weighted by Crippen LogP contribution is -2.18. The van der Waals surface area contributed by atoms with E-state index in [4.69, 9.17) is 11.6 Å². The van der Waals surface area contributed by atoms with Gasteiger partial charge in [0.1, 0.15) is 5.52 Å². The number of pyridine rings is 1. The first kappa shape index (κ1) is 21.6. The number of carbonyl (C=O) groups is 1. The molecule has 4 nitrogen and oxygen atoms in total. The van der Waals surface area contributed by atoms with E-state index < -0.39 is 5.82 Å². The van der Waals surface area contributed by atoms with Crippen molar-refractivity contribution < 1.29 is 9.18 Å². The fourth-order valence-electron chi connectivity index (χ4n) is 4.24. The van der Waals surface area contributed by atoms with Crippen LogP contribution in [0.5, 0.6) is 0 Å². The SMILES string of the molecule is O=C(Nc1ccc2cc(CN3CCCC3)cnc2c1F)c1ccc(-c2ccc(Cl)cc2)cc1. The zero-order chi connectivity index (χ0) is 22.8. The highest BCUT2D eigenvalue weighted by atomic mass is 35.5. The van der Waals surface area contributed by atoms with Crippen molar-refractivity contribution in [1.29, 1.82) is 0 Å². The molecule has 1 aliphatic rings. The van der Waals surface area contributed by atoms with Gasteiger partial charge in [0.15, 0.2) is 5.82 Å². The summed E-state index contributed by atoms with van der Waals surface area (Å²) in [4.78, 5) is 19.5. The third-order valence-corrected chi connectivity index (χ3v) is 6.28. The Morgan fingerprint density at radius 2 is 1.64 bits per heavy atom. The highest BCUT2D eigenvalue weighted by molar-refractivity contribution is 6.30. The molecule has 3 aromatic carbocycles. The zero-order valence-electron chi connectivity index (χ0n) is 18.0. The quantitative estimate of drug-likeness (QED) is 0.368. The molecule has 1 amide bonds. The van der Waals surface area contributed by atoms with E-state index in [-0.39, 0.29) is 17.1 Å². The fraction of sp³-hybridized carbons (Fsp3) is 0.185. The Labute approximate surface area is 197 Å². The van der Waals surface area contributed by atoms with E-state index in [1.54, 1.807) is 30.5 Å².